The average Bonchev–Trinajstić information content (AvgIpc) is 3.34. The number of carbonyl (C=O) groups is 1. The van der Waals surface area contributed by atoms with Gasteiger partial charge >= 0.3 is 0 Å². The maximum absolute atomic E-state index is 12.1. The molecule has 0 fully saturated rings. The van der Waals surface area contributed by atoms with E-state index in [1.165, 1.54) is 36.2 Å². The van der Waals surface area contributed by atoms with Gasteiger partial charge in [-0.25, -0.2) is 10.4 Å². The van der Waals surface area contributed by atoms with Gasteiger partial charge in [0.15, 0.2) is 9.43 Å². The molecule has 0 spiro atoms. The van der Waals surface area contributed by atoms with Crippen LogP contribution in [0.15, 0.2) is 79.6 Å². The van der Waals surface area contributed by atoms with E-state index in [0.29, 0.717) is 10.9 Å². The molecule has 0 aliphatic heterocycles. The second-order valence-corrected chi connectivity index (χ2v) is 7.96. The summed E-state index contributed by atoms with van der Waals surface area (Å²) in [5.74, 6) is -0.249. The zero-order valence-electron chi connectivity index (χ0n) is 14.6. The normalized spacial score (nSPS) is 11.2. The number of nitrogens with zero attached hydrogens (tertiary/aromatic N) is 3. The largest absolute Gasteiger partial charge is 0.448 e. The highest BCUT2D eigenvalue weighted by Crippen LogP contribution is 2.34. The number of nitro groups is 1. The van der Waals surface area contributed by atoms with Crippen molar-refractivity contribution in [1.29, 1.82) is 0 Å². The highest BCUT2D eigenvalue weighted by atomic mass is 32.2. The SMILES string of the molecule is O=C(N/N=C\c1ccc(Sc2nc3ccccc3s2)o1)c1ccccc1[N+](=O)[O-]. The minimum atomic E-state index is -0.677. The van der Waals surface area contributed by atoms with Gasteiger partial charge in [-0.05, 0) is 42.1 Å². The summed E-state index contributed by atoms with van der Waals surface area (Å²) in [7, 11) is 0. The van der Waals surface area contributed by atoms with Gasteiger partial charge in [0, 0.05) is 6.07 Å². The number of para-hydroxylation sites is 2. The first kappa shape index (κ1) is 18.8. The third-order valence-corrected chi connectivity index (χ3v) is 5.79. The van der Waals surface area contributed by atoms with Crippen LogP contribution >= 0.6 is 23.1 Å². The maximum Gasteiger partial charge on any atom is 0.282 e. The molecule has 0 radical (unpaired) electrons. The first-order valence-electron chi connectivity index (χ1n) is 8.30. The van der Waals surface area contributed by atoms with E-state index < -0.39 is 10.8 Å². The van der Waals surface area contributed by atoms with Crippen LogP contribution in [-0.2, 0) is 0 Å². The number of nitrogens with one attached hydrogen (secondary N) is 1. The fourth-order valence-electron chi connectivity index (χ4n) is 2.48. The molecule has 4 rings (SSSR count). The number of amides is 1. The molecule has 2 heterocycles. The number of fused-ring (bicyclic) bond motifs is 1. The number of nitro benzene ring substituents is 1. The van der Waals surface area contributed by atoms with Crippen molar-refractivity contribution in [3.63, 3.8) is 0 Å². The second-order valence-electron chi connectivity index (χ2n) is 5.68. The standard InChI is InChI=1S/C19H12N4O4S2/c24-18(13-5-1-3-7-15(13)23(25)26)22-20-11-12-9-10-17(27-12)29-19-21-14-6-2-4-8-16(14)28-19/h1-11H,(H,22,24)/b20-11-. The maximum atomic E-state index is 12.1. The lowest BCUT2D eigenvalue weighted by molar-refractivity contribution is -0.385. The van der Waals surface area contributed by atoms with Gasteiger partial charge in [0.05, 0.1) is 21.4 Å². The number of benzene rings is 2. The lowest BCUT2D eigenvalue weighted by atomic mass is 10.2. The average molecular weight is 424 g/mol. The summed E-state index contributed by atoms with van der Waals surface area (Å²) in [5, 5.41) is 15.4. The van der Waals surface area contributed by atoms with Crippen molar-refractivity contribution < 1.29 is 14.1 Å². The third kappa shape index (κ3) is 4.33. The lowest BCUT2D eigenvalue weighted by Gasteiger charge is -2.00. The van der Waals surface area contributed by atoms with Crippen molar-refractivity contribution in [1.82, 2.24) is 10.4 Å². The summed E-state index contributed by atoms with van der Waals surface area (Å²) in [6.07, 6.45) is 1.33. The highest BCUT2D eigenvalue weighted by Gasteiger charge is 2.18. The zero-order valence-corrected chi connectivity index (χ0v) is 16.3. The molecular formula is C19H12N4O4S2. The van der Waals surface area contributed by atoms with E-state index in [1.54, 1.807) is 29.5 Å². The number of thiazole rings is 1. The zero-order chi connectivity index (χ0) is 20.2. The molecule has 0 saturated carbocycles. The van der Waals surface area contributed by atoms with Crippen molar-refractivity contribution in [3.05, 3.63) is 82.1 Å². The van der Waals surface area contributed by atoms with Gasteiger partial charge in [-0.15, -0.1) is 11.3 Å². The molecule has 8 nitrogen and oxygen atoms in total. The van der Waals surface area contributed by atoms with E-state index in [4.69, 9.17) is 4.42 Å². The number of hydrogen-bond acceptors (Lipinski definition) is 8. The molecule has 144 valence electrons. The number of furan rings is 1. The first-order valence-corrected chi connectivity index (χ1v) is 9.93. The fourth-order valence-corrected chi connectivity index (χ4v) is 4.45. The Balaban J connectivity index is 1.40. The summed E-state index contributed by atoms with van der Waals surface area (Å²) < 4.78 is 7.61. The van der Waals surface area contributed by atoms with Crippen LogP contribution in [0, 0.1) is 10.1 Å². The molecular weight excluding hydrogens is 412 g/mol. The molecule has 0 bridgehead atoms. The number of hydrogen-bond donors (Lipinski definition) is 1. The summed E-state index contributed by atoms with van der Waals surface area (Å²) in [5.41, 5.74) is 2.85. The fraction of sp³-hybridized carbons (Fsp3) is 0. The van der Waals surface area contributed by atoms with E-state index in [0.717, 1.165) is 14.6 Å². The van der Waals surface area contributed by atoms with E-state index in [9.17, 15) is 14.9 Å². The molecule has 10 heteroatoms. The quantitative estimate of drug-likeness (QED) is 0.273. The van der Waals surface area contributed by atoms with Crippen LogP contribution in [0.5, 0.6) is 0 Å². The predicted octanol–water partition coefficient (Wildman–Crippen LogP) is 4.71. The highest BCUT2D eigenvalue weighted by molar-refractivity contribution is 8.01. The van der Waals surface area contributed by atoms with Crippen LogP contribution in [-0.4, -0.2) is 22.0 Å². The molecule has 2 aromatic carbocycles. The topological polar surface area (TPSA) is 111 Å². The summed E-state index contributed by atoms with van der Waals surface area (Å²) in [6.45, 7) is 0. The molecule has 2 aromatic heterocycles. The van der Waals surface area contributed by atoms with Gasteiger partial charge < -0.3 is 4.42 Å². The molecule has 0 unspecified atom stereocenters. The molecule has 1 amide bonds. The van der Waals surface area contributed by atoms with Crippen molar-refractivity contribution in [2.75, 3.05) is 0 Å². The van der Waals surface area contributed by atoms with Crippen LogP contribution in [0.2, 0.25) is 0 Å². The number of rotatable bonds is 6. The minimum absolute atomic E-state index is 0.0684. The molecule has 0 atom stereocenters. The van der Waals surface area contributed by atoms with Crippen molar-refractivity contribution in [2.24, 2.45) is 5.10 Å². The van der Waals surface area contributed by atoms with Crippen LogP contribution in [0.1, 0.15) is 16.1 Å². The second kappa shape index (κ2) is 8.25. The van der Waals surface area contributed by atoms with E-state index in [2.05, 4.69) is 15.5 Å². The summed E-state index contributed by atoms with van der Waals surface area (Å²) in [4.78, 5) is 27.0. The Hall–Kier alpha value is -3.50. The van der Waals surface area contributed by atoms with Gasteiger partial charge in [-0.3, -0.25) is 14.9 Å². The number of hydrazone groups is 1. The smallest absolute Gasteiger partial charge is 0.282 e. The summed E-state index contributed by atoms with van der Waals surface area (Å²) in [6, 6.07) is 17.0. The Bertz CT molecular complexity index is 1200. The van der Waals surface area contributed by atoms with Gasteiger partial charge in [0.2, 0.25) is 0 Å². The van der Waals surface area contributed by atoms with Gasteiger partial charge in [0.1, 0.15) is 11.3 Å². The minimum Gasteiger partial charge on any atom is -0.448 e. The van der Waals surface area contributed by atoms with E-state index >= 15 is 0 Å². The Kier molecular flexibility index (Phi) is 5.36. The number of carbonyl (C=O) groups excluding carboxylic acids is 1. The van der Waals surface area contributed by atoms with Crippen LogP contribution in [0.3, 0.4) is 0 Å². The van der Waals surface area contributed by atoms with Crippen LogP contribution in [0.25, 0.3) is 10.2 Å². The molecule has 0 saturated heterocycles. The van der Waals surface area contributed by atoms with E-state index in [1.807, 2.05) is 24.3 Å². The Morgan fingerprint density at radius 1 is 1.17 bits per heavy atom. The Morgan fingerprint density at radius 3 is 2.79 bits per heavy atom. The predicted molar refractivity (Wildman–Crippen MR) is 111 cm³/mol. The number of aromatic nitrogens is 1. The van der Waals surface area contributed by atoms with Gasteiger partial charge in [0.25, 0.3) is 11.6 Å². The van der Waals surface area contributed by atoms with Crippen molar-refractivity contribution in [3.8, 4) is 0 Å². The lowest BCUT2D eigenvalue weighted by Crippen LogP contribution is -2.18. The Labute approximate surface area is 172 Å². The van der Waals surface area contributed by atoms with Crippen molar-refractivity contribution in [2.45, 2.75) is 9.43 Å². The molecule has 0 aliphatic carbocycles. The van der Waals surface area contributed by atoms with Crippen LogP contribution in [0.4, 0.5) is 5.69 Å². The molecule has 29 heavy (non-hydrogen) atoms. The monoisotopic (exact) mass is 424 g/mol. The van der Waals surface area contributed by atoms with Crippen LogP contribution < -0.4 is 5.43 Å². The first-order chi connectivity index (χ1) is 14.1. The summed E-state index contributed by atoms with van der Waals surface area (Å²) >= 11 is 2.96. The van der Waals surface area contributed by atoms with Gasteiger partial charge in [-0.1, -0.05) is 24.3 Å². The molecule has 0 aliphatic rings. The third-order valence-electron chi connectivity index (χ3n) is 3.77. The molecule has 1 N–H and O–H groups in total. The molecule has 4 aromatic rings. The van der Waals surface area contributed by atoms with Crippen molar-refractivity contribution >= 4 is 51.1 Å². The van der Waals surface area contributed by atoms with Gasteiger partial charge in [-0.2, -0.15) is 5.10 Å². The van der Waals surface area contributed by atoms with E-state index in [-0.39, 0.29) is 11.3 Å². The Morgan fingerprint density at radius 2 is 1.97 bits per heavy atom.